The highest BCUT2D eigenvalue weighted by Crippen LogP contribution is 2.28. The molecule has 0 aromatic heterocycles. The van der Waals surface area contributed by atoms with Gasteiger partial charge in [-0.05, 0) is 44.9 Å². The quantitative estimate of drug-likeness (QED) is 0.929. The Bertz CT molecular complexity index is 530. The van der Waals surface area contributed by atoms with Gasteiger partial charge in [0.05, 0.1) is 12.1 Å². The van der Waals surface area contributed by atoms with E-state index in [4.69, 9.17) is 9.47 Å². The molecule has 114 valence electrons. The lowest BCUT2D eigenvalue weighted by molar-refractivity contribution is -0.0553. The Kier molecular flexibility index (Phi) is 3.76. The fourth-order valence-electron chi connectivity index (χ4n) is 2.98. The number of carbonyl (C=O) groups is 1. The molecule has 1 amide bonds. The molecule has 1 unspecified atom stereocenters. The number of rotatable bonds is 3. The molecule has 0 bridgehead atoms. The number of anilines is 2. The monoisotopic (exact) mass is 290 g/mol. The van der Waals surface area contributed by atoms with Crippen molar-refractivity contribution in [3.8, 4) is 0 Å². The lowest BCUT2D eigenvalue weighted by atomic mass is 9.94. The zero-order chi connectivity index (χ0) is 14.9. The van der Waals surface area contributed by atoms with Crippen LogP contribution in [0.25, 0.3) is 0 Å². The number of amides is 1. The van der Waals surface area contributed by atoms with E-state index in [1.54, 1.807) is 4.90 Å². The van der Waals surface area contributed by atoms with Crippen LogP contribution in [0.5, 0.6) is 0 Å². The van der Waals surface area contributed by atoms with Gasteiger partial charge in [-0.1, -0.05) is 6.07 Å². The van der Waals surface area contributed by atoms with E-state index in [0.29, 0.717) is 19.2 Å². The average Bonchev–Trinajstić information content (AvgIpc) is 2.84. The zero-order valence-electron chi connectivity index (χ0n) is 12.6. The first-order valence-corrected chi connectivity index (χ1v) is 7.48. The van der Waals surface area contributed by atoms with Gasteiger partial charge < -0.3 is 14.8 Å². The molecule has 5 heteroatoms. The van der Waals surface area contributed by atoms with Crippen LogP contribution in [-0.2, 0) is 9.47 Å². The van der Waals surface area contributed by atoms with Gasteiger partial charge in [0, 0.05) is 24.0 Å². The summed E-state index contributed by atoms with van der Waals surface area (Å²) in [5.41, 5.74) is 1.84. The third-order valence-electron chi connectivity index (χ3n) is 3.99. The van der Waals surface area contributed by atoms with Crippen molar-refractivity contribution >= 4 is 17.5 Å². The second-order valence-corrected chi connectivity index (χ2v) is 6.26. The summed E-state index contributed by atoms with van der Waals surface area (Å²) < 4.78 is 10.7. The van der Waals surface area contributed by atoms with Crippen LogP contribution in [0.2, 0.25) is 0 Å². The van der Waals surface area contributed by atoms with Crippen LogP contribution in [0.1, 0.15) is 26.7 Å². The molecule has 2 heterocycles. The number of ether oxygens (including phenoxy) is 2. The van der Waals surface area contributed by atoms with Gasteiger partial charge in [-0.25, -0.2) is 4.79 Å². The minimum atomic E-state index is -0.264. The number of nitrogens with one attached hydrogen (secondary N) is 1. The molecule has 2 fully saturated rings. The number of benzene rings is 1. The molecular weight excluding hydrogens is 268 g/mol. The molecule has 2 aliphatic rings. The fraction of sp³-hybridized carbons (Fsp3) is 0.562. The van der Waals surface area contributed by atoms with E-state index in [9.17, 15) is 4.79 Å². The highest BCUT2D eigenvalue weighted by molar-refractivity contribution is 5.89. The molecule has 1 N–H and O–H groups in total. The summed E-state index contributed by atoms with van der Waals surface area (Å²) >= 11 is 0. The lowest BCUT2D eigenvalue weighted by Gasteiger charge is -2.36. The summed E-state index contributed by atoms with van der Waals surface area (Å²) in [5, 5.41) is 3.56. The molecule has 5 nitrogen and oxygen atoms in total. The zero-order valence-corrected chi connectivity index (χ0v) is 12.6. The van der Waals surface area contributed by atoms with E-state index in [1.165, 1.54) is 0 Å². The van der Waals surface area contributed by atoms with Crippen LogP contribution in [0, 0.1) is 0 Å². The van der Waals surface area contributed by atoms with Crippen LogP contribution >= 0.6 is 0 Å². The van der Waals surface area contributed by atoms with Crippen molar-refractivity contribution in [1.82, 2.24) is 0 Å². The van der Waals surface area contributed by atoms with E-state index >= 15 is 0 Å². The van der Waals surface area contributed by atoms with Gasteiger partial charge in [-0.3, -0.25) is 4.90 Å². The largest absolute Gasteiger partial charge is 0.447 e. The fourth-order valence-corrected chi connectivity index (χ4v) is 2.98. The minimum absolute atomic E-state index is 0.0771. The Labute approximate surface area is 125 Å². The second-order valence-electron chi connectivity index (χ2n) is 6.26. The van der Waals surface area contributed by atoms with E-state index in [0.717, 1.165) is 30.8 Å². The smallest absolute Gasteiger partial charge is 0.414 e. The topological polar surface area (TPSA) is 50.8 Å². The molecule has 0 saturated carbocycles. The van der Waals surface area contributed by atoms with Crippen LogP contribution < -0.4 is 10.2 Å². The van der Waals surface area contributed by atoms with Gasteiger partial charge in [0.1, 0.15) is 6.61 Å². The molecule has 1 aromatic carbocycles. The Morgan fingerprint density at radius 1 is 1.33 bits per heavy atom. The highest BCUT2D eigenvalue weighted by Gasteiger charge is 2.29. The van der Waals surface area contributed by atoms with Crippen molar-refractivity contribution in [3.05, 3.63) is 24.3 Å². The van der Waals surface area contributed by atoms with Crippen LogP contribution in [0.4, 0.5) is 16.2 Å². The van der Waals surface area contributed by atoms with Crippen molar-refractivity contribution in [1.29, 1.82) is 0 Å². The summed E-state index contributed by atoms with van der Waals surface area (Å²) in [6, 6.07) is 8.34. The maximum absolute atomic E-state index is 11.6. The van der Waals surface area contributed by atoms with Crippen molar-refractivity contribution in [2.45, 2.75) is 38.3 Å². The van der Waals surface area contributed by atoms with E-state index < -0.39 is 0 Å². The third-order valence-corrected chi connectivity index (χ3v) is 3.99. The highest BCUT2D eigenvalue weighted by atomic mass is 16.6. The molecular formula is C16H22N2O3. The van der Waals surface area contributed by atoms with Gasteiger partial charge >= 0.3 is 6.09 Å². The molecule has 21 heavy (non-hydrogen) atoms. The Balaban J connectivity index is 1.70. The SMILES string of the molecule is CC1(C)CC(Nc2cccc(N3CCOC3=O)c2)CCO1. The standard InChI is InChI=1S/C16H22N2O3/c1-16(2)11-13(6-8-21-16)17-12-4-3-5-14(10-12)18-7-9-20-15(18)19/h3-5,10,13,17H,6-9,11H2,1-2H3. The molecule has 0 aliphatic carbocycles. The predicted molar refractivity (Wildman–Crippen MR) is 81.8 cm³/mol. The normalized spacial score (nSPS) is 24.8. The Morgan fingerprint density at radius 3 is 2.90 bits per heavy atom. The summed E-state index contributed by atoms with van der Waals surface area (Å²) in [6.45, 7) is 6.11. The van der Waals surface area contributed by atoms with Gasteiger partial charge in [-0.2, -0.15) is 0 Å². The van der Waals surface area contributed by atoms with E-state index in [-0.39, 0.29) is 11.7 Å². The number of hydrogen-bond acceptors (Lipinski definition) is 4. The number of carbonyl (C=O) groups excluding carboxylic acids is 1. The number of hydrogen-bond donors (Lipinski definition) is 1. The van der Waals surface area contributed by atoms with Gasteiger partial charge in [0.25, 0.3) is 0 Å². The van der Waals surface area contributed by atoms with Crippen LogP contribution in [0.3, 0.4) is 0 Å². The van der Waals surface area contributed by atoms with Crippen molar-refractivity contribution in [2.75, 3.05) is 30.0 Å². The third kappa shape index (κ3) is 3.29. The molecule has 2 saturated heterocycles. The van der Waals surface area contributed by atoms with E-state index in [1.807, 2.05) is 24.3 Å². The number of nitrogens with zero attached hydrogens (tertiary/aromatic N) is 1. The molecule has 0 spiro atoms. The second kappa shape index (κ2) is 5.56. The summed E-state index contributed by atoms with van der Waals surface area (Å²) in [6.07, 6.45) is 1.71. The number of cyclic esters (lactones) is 1. The molecule has 3 rings (SSSR count). The maximum atomic E-state index is 11.6. The van der Waals surface area contributed by atoms with Crippen molar-refractivity contribution in [2.24, 2.45) is 0 Å². The summed E-state index contributed by atoms with van der Waals surface area (Å²) in [4.78, 5) is 13.3. The van der Waals surface area contributed by atoms with Gasteiger partial charge in [0.15, 0.2) is 0 Å². The van der Waals surface area contributed by atoms with Crippen LogP contribution in [-0.4, -0.2) is 37.5 Å². The molecule has 1 atom stereocenters. The van der Waals surface area contributed by atoms with Gasteiger partial charge in [-0.15, -0.1) is 0 Å². The first-order valence-electron chi connectivity index (χ1n) is 7.48. The summed E-state index contributed by atoms with van der Waals surface area (Å²) in [5.74, 6) is 0. The molecule has 2 aliphatic heterocycles. The van der Waals surface area contributed by atoms with Crippen molar-refractivity contribution in [3.63, 3.8) is 0 Å². The van der Waals surface area contributed by atoms with Gasteiger partial charge in [0.2, 0.25) is 0 Å². The first kappa shape index (κ1) is 14.2. The van der Waals surface area contributed by atoms with Crippen LogP contribution in [0.15, 0.2) is 24.3 Å². The molecule has 0 radical (unpaired) electrons. The average molecular weight is 290 g/mol. The van der Waals surface area contributed by atoms with E-state index in [2.05, 4.69) is 19.2 Å². The Hall–Kier alpha value is -1.75. The molecule has 1 aromatic rings. The first-order chi connectivity index (χ1) is 10.0. The predicted octanol–water partition coefficient (Wildman–Crippen LogP) is 3.01. The lowest BCUT2D eigenvalue weighted by Crippen LogP contribution is -2.40. The minimum Gasteiger partial charge on any atom is -0.447 e. The maximum Gasteiger partial charge on any atom is 0.414 e. The summed E-state index contributed by atoms with van der Waals surface area (Å²) in [7, 11) is 0. The van der Waals surface area contributed by atoms with Crippen molar-refractivity contribution < 1.29 is 14.3 Å². The Morgan fingerprint density at radius 2 is 2.19 bits per heavy atom.